The Balaban J connectivity index is 2.20. The normalized spacial score (nSPS) is 23.1. The van der Waals surface area contributed by atoms with E-state index in [1.54, 1.807) is 0 Å². The van der Waals surface area contributed by atoms with Gasteiger partial charge in [-0.25, -0.2) is 17.1 Å². The molecule has 0 amide bonds. The van der Waals surface area contributed by atoms with E-state index in [9.17, 15) is 30.8 Å². The molecule has 1 aromatic rings. The van der Waals surface area contributed by atoms with Gasteiger partial charge in [0.05, 0.1) is 17.6 Å². The highest BCUT2D eigenvalue weighted by Crippen LogP contribution is 2.39. The summed E-state index contributed by atoms with van der Waals surface area (Å²) < 4.78 is 76.4. The zero-order chi connectivity index (χ0) is 17.4. The molecule has 1 N–H and O–H groups in total. The molecular weight excluding hydrogens is 342 g/mol. The van der Waals surface area contributed by atoms with Crippen molar-refractivity contribution in [3.63, 3.8) is 0 Å². The average Bonchev–Trinajstić information content (AvgIpc) is 2.87. The summed E-state index contributed by atoms with van der Waals surface area (Å²) >= 11 is 0. The van der Waals surface area contributed by atoms with E-state index in [4.69, 9.17) is 5.11 Å². The van der Waals surface area contributed by atoms with Crippen LogP contribution < -0.4 is 0 Å². The second-order valence-corrected chi connectivity index (χ2v) is 7.26. The van der Waals surface area contributed by atoms with Crippen LogP contribution in [-0.4, -0.2) is 43.1 Å². The molecule has 2 atom stereocenters. The highest BCUT2D eigenvalue weighted by molar-refractivity contribution is 7.88. The fraction of sp³-hybridized carbons (Fsp3) is 0.462. The molecule has 0 bridgehead atoms. The van der Waals surface area contributed by atoms with Gasteiger partial charge in [-0.1, -0.05) is 12.1 Å². The number of hydrogen-bond acceptors (Lipinski definition) is 3. The van der Waals surface area contributed by atoms with Gasteiger partial charge < -0.3 is 5.11 Å². The van der Waals surface area contributed by atoms with Crippen LogP contribution in [0.2, 0.25) is 0 Å². The molecule has 0 unspecified atom stereocenters. The van der Waals surface area contributed by atoms with Gasteiger partial charge in [0.1, 0.15) is 5.82 Å². The maximum atomic E-state index is 12.9. The van der Waals surface area contributed by atoms with Crippen molar-refractivity contribution < 1.29 is 35.9 Å². The zero-order valence-corrected chi connectivity index (χ0v) is 12.4. The number of carbonyl (C=O) groups is 1. The number of nitrogens with zero attached hydrogens (tertiary/aromatic N) is 1. The van der Waals surface area contributed by atoms with E-state index in [1.807, 2.05) is 0 Å². The van der Waals surface area contributed by atoms with Gasteiger partial charge in [-0.2, -0.15) is 13.2 Å². The molecule has 2 rings (SSSR count). The van der Waals surface area contributed by atoms with Gasteiger partial charge in [0.25, 0.3) is 0 Å². The van der Waals surface area contributed by atoms with Gasteiger partial charge in [0, 0.05) is 13.1 Å². The number of rotatable bonds is 4. The molecule has 1 fully saturated rings. The molecule has 1 aliphatic heterocycles. The summed E-state index contributed by atoms with van der Waals surface area (Å²) in [5.41, 5.74) is 0.203. The number of halogens is 4. The Hall–Kier alpha value is -1.68. The van der Waals surface area contributed by atoms with Gasteiger partial charge in [-0.15, -0.1) is 0 Å². The lowest BCUT2D eigenvalue weighted by Gasteiger charge is -2.18. The number of sulfonamides is 1. The maximum absolute atomic E-state index is 12.9. The molecule has 5 nitrogen and oxygen atoms in total. The minimum atomic E-state index is -4.80. The molecule has 0 aliphatic carbocycles. The Labute approximate surface area is 129 Å². The summed E-state index contributed by atoms with van der Waals surface area (Å²) in [6.07, 6.45) is -4.80. The van der Waals surface area contributed by atoms with E-state index >= 15 is 0 Å². The van der Waals surface area contributed by atoms with Crippen LogP contribution in [0, 0.1) is 17.7 Å². The van der Waals surface area contributed by atoms with Crippen molar-refractivity contribution in [1.82, 2.24) is 4.31 Å². The number of carboxylic acids is 1. The SMILES string of the molecule is O=C(O)[C@@H]1CN(S(=O)(=O)Cc2ccc(F)cc2)C[C@H]1C(F)(F)F. The highest BCUT2D eigenvalue weighted by atomic mass is 32.2. The first-order valence-corrected chi connectivity index (χ1v) is 8.13. The monoisotopic (exact) mass is 355 g/mol. The van der Waals surface area contributed by atoms with Crippen molar-refractivity contribution in [3.8, 4) is 0 Å². The van der Waals surface area contributed by atoms with E-state index < -0.39 is 58.7 Å². The molecule has 128 valence electrons. The first kappa shape index (κ1) is 17.7. The Bertz CT molecular complexity index is 687. The minimum absolute atomic E-state index is 0.203. The summed E-state index contributed by atoms with van der Waals surface area (Å²) in [5.74, 6) is -6.97. The Morgan fingerprint density at radius 2 is 1.78 bits per heavy atom. The van der Waals surface area contributed by atoms with Crippen LogP contribution in [0.15, 0.2) is 24.3 Å². The first-order chi connectivity index (χ1) is 10.5. The van der Waals surface area contributed by atoms with Gasteiger partial charge in [-0.05, 0) is 17.7 Å². The summed E-state index contributed by atoms with van der Waals surface area (Å²) in [6.45, 7) is -1.66. The lowest BCUT2D eigenvalue weighted by Crippen LogP contribution is -2.34. The minimum Gasteiger partial charge on any atom is -0.481 e. The molecule has 1 saturated heterocycles. The summed E-state index contributed by atoms with van der Waals surface area (Å²) in [6, 6.07) is 4.48. The van der Waals surface area contributed by atoms with Crippen molar-refractivity contribution in [1.29, 1.82) is 0 Å². The number of hydrogen-bond donors (Lipinski definition) is 1. The molecule has 0 aromatic heterocycles. The van der Waals surface area contributed by atoms with Crippen LogP contribution in [0.4, 0.5) is 17.6 Å². The van der Waals surface area contributed by atoms with Crippen LogP contribution >= 0.6 is 0 Å². The van der Waals surface area contributed by atoms with Crippen LogP contribution in [0.3, 0.4) is 0 Å². The topological polar surface area (TPSA) is 74.7 Å². The fourth-order valence-corrected chi connectivity index (χ4v) is 4.03. The number of alkyl halides is 3. The molecule has 1 heterocycles. The number of benzene rings is 1. The fourth-order valence-electron chi connectivity index (χ4n) is 2.46. The predicted molar refractivity (Wildman–Crippen MR) is 71.3 cm³/mol. The van der Waals surface area contributed by atoms with Crippen molar-refractivity contribution in [3.05, 3.63) is 35.6 Å². The smallest absolute Gasteiger partial charge is 0.393 e. The Morgan fingerprint density at radius 3 is 2.22 bits per heavy atom. The number of carboxylic acid groups (broad SMARTS) is 1. The highest BCUT2D eigenvalue weighted by Gasteiger charge is 2.54. The van der Waals surface area contributed by atoms with Crippen LogP contribution in [0.5, 0.6) is 0 Å². The van der Waals surface area contributed by atoms with Gasteiger partial charge in [-0.3, -0.25) is 4.79 Å². The molecule has 10 heteroatoms. The van der Waals surface area contributed by atoms with Crippen molar-refractivity contribution in [2.45, 2.75) is 11.9 Å². The lowest BCUT2D eigenvalue weighted by atomic mass is 9.96. The largest absolute Gasteiger partial charge is 0.481 e. The third-order valence-electron chi connectivity index (χ3n) is 3.68. The maximum Gasteiger partial charge on any atom is 0.393 e. The quantitative estimate of drug-likeness (QED) is 0.837. The van der Waals surface area contributed by atoms with Crippen molar-refractivity contribution >= 4 is 16.0 Å². The molecule has 1 aliphatic rings. The molecule has 0 radical (unpaired) electrons. The average molecular weight is 355 g/mol. The number of aliphatic carboxylic acids is 1. The summed E-state index contributed by atoms with van der Waals surface area (Å²) in [4.78, 5) is 11.0. The van der Waals surface area contributed by atoms with E-state index in [0.29, 0.717) is 4.31 Å². The summed E-state index contributed by atoms with van der Waals surface area (Å²) in [7, 11) is -4.14. The molecular formula is C13H13F4NO4S. The zero-order valence-electron chi connectivity index (χ0n) is 11.6. The van der Waals surface area contributed by atoms with Crippen molar-refractivity contribution in [2.24, 2.45) is 11.8 Å². The van der Waals surface area contributed by atoms with Crippen LogP contribution in [0.1, 0.15) is 5.56 Å². The second-order valence-electron chi connectivity index (χ2n) is 5.29. The van der Waals surface area contributed by atoms with E-state index in [0.717, 1.165) is 12.1 Å². The first-order valence-electron chi connectivity index (χ1n) is 6.52. The lowest BCUT2D eigenvalue weighted by molar-refractivity contribution is -0.187. The Kier molecular flexibility index (Phi) is 4.67. The summed E-state index contributed by atoms with van der Waals surface area (Å²) in [5, 5.41) is 8.89. The second kappa shape index (κ2) is 6.08. The third kappa shape index (κ3) is 3.99. The van der Waals surface area contributed by atoms with Crippen LogP contribution in [0.25, 0.3) is 0 Å². The molecule has 0 saturated carbocycles. The van der Waals surface area contributed by atoms with E-state index in [1.165, 1.54) is 12.1 Å². The molecule has 1 aromatic carbocycles. The van der Waals surface area contributed by atoms with Crippen LogP contribution in [-0.2, 0) is 20.6 Å². The predicted octanol–water partition coefficient (Wildman–Crippen LogP) is 1.85. The van der Waals surface area contributed by atoms with Crippen molar-refractivity contribution in [2.75, 3.05) is 13.1 Å². The Morgan fingerprint density at radius 1 is 1.22 bits per heavy atom. The molecule has 23 heavy (non-hydrogen) atoms. The van der Waals surface area contributed by atoms with E-state index in [2.05, 4.69) is 0 Å². The third-order valence-corrected chi connectivity index (χ3v) is 5.46. The van der Waals surface area contributed by atoms with Gasteiger partial charge in [0.15, 0.2) is 0 Å². The standard InChI is InChI=1S/C13H13F4NO4S/c14-9-3-1-8(2-4-9)7-23(21,22)18-5-10(12(19)20)11(6-18)13(15,16)17/h1-4,10-11H,5-7H2,(H,19,20)/t10-,11-/m1/s1. The molecule has 0 spiro atoms. The van der Waals surface area contributed by atoms with Gasteiger partial charge >= 0.3 is 12.1 Å². The van der Waals surface area contributed by atoms with Gasteiger partial charge in [0.2, 0.25) is 10.0 Å². The van der Waals surface area contributed by atoms with E-state index in [-0.39, 0.29) is 5.56 Å².